The van der Waals surface area contributed by atoms with Gasteiger partial charge in [0.15, 0.2) is 0 Å². The number of ether oxygens (including phenoxy) is 1. The Kier molecular flexibility index (Phi) is 4.87. The predicted molar refractivity (Wildman–Crippen MR) is 79.6 cm³/mol. The summed E-state index contributed by atoms with van der Waals surface area (Å²) in [5, 5.41) is 5.23. The summed E-state index contributed by atoms with van der Waals surface area (Å²) in [6.45, 7) is 5.16. The Morgan fingerprint density at radius 3 is 2.70 bits per heavy atom. The molecule has 0 radical (unpaired) electrons. The zero-order chi connectivity index (χ0) is 17.2. The van der Waals surface area contributed by atoms with Crippen LogP contribution in [0.15, 0.2) is 18.2 Å². The Hall–Kier alpha value is -2.18. The molecule has 1 saturated heterocycles. The first-order valence-electron chi connectivity index (χ1n) is 7.39. The van der Waals surface area contributed by atoms with E-state index in [0.29, 0.717) is 6.42 Å². The molecule has 23 heavy (non-hydrogen) atoms. The molecule has 2 atom stereocenters. The molecule has 1 heterocycles. The van der Waals surface area contributed by atoms with Crippen molar-refractivity contribution < 1.29 is 23.1 Å². The van der Waals surface area contributed by atoms with Crippen molar-refractivity contribution in [3.8, 4) is 0 Å². The van der Waals surface area contributed by atoms with Crippen molar-refractivity contribution >= 4 is 12.0 Å². The third-order valence-electron chi connectivity index (χ3n) is 3.40. The van der Waals surface area contributed by atoms with Crippen LogP contribution in [0.2, 0.25) is 0 Å². The van der Waals surface area contributed by atoms with E-state index in [4.69, 9.17) is 4.74 Å². The van der Waals surface area contributed by atoms with Gasteiger partial charge in [-0.05, 0) is 45.4 Å². The Morgan fingerprint density at radius 1 is 1.35 bits per heavy atom. The van der Waals surface area contributed by atoms with Gasteiger partial charge in [-0.25, -0.2) is 13.6 Å². The van der Waals surface area contributed by atoms with Gasteiger partial charge in [-0.15, -0.1) is 0 Å². The molecule has 2 rings (SSSR count). The second-order valence-corrected chi connectivity index (χ2v) is 6.50. The molecule has 7 heteroatoms. The van der Waals surface area contributed by atoms with Gasteiger partial charge < -0.3 is 15.4 Å². The lowest BCUT2D eigenvalue weighted by Gasteiger charge is -2.33. The molecule has 0 spiro atoms. The Labute approximate surface area is 133 Å². The molecule has 126 valence electrons. The Balaban J connectivity index is 2.21. The second-order valence-electron chi connectivity index (χ2n) is 6.50. The molecule has 1 fully saturated rings. The molecule has 2 amide bonds. The van der Waals surface area contributed by atoms with E-state index >= 15 is 0 Å². The van der Waals surface area contributed by atoms with E-state index < -0.39 is 35.4 Å². The highest BCUT2D eigenvalue weighted by Crippen LogP contribution is 2.27. The van der Waals surface area contributed by atoms with Crippen molar-refractivity contribution in [3.63, 3.8) is 0 Å². The van der Waals surface area contributed by atoms with Crippen LogP contribution < -0.4 is 10.6 Å². The summed E-state index contributed by atoms with van der Waals surface area (Å²) in [4.78, 5) is 23.6. The van der Waals surface area contributed by atoms with E-state index in [9.17, 15) is 18.4 Å². The smallest absolute Gasteiger partial charge is 0.407 e. The average molecular weight is 326 g/mol. The van der Waals surface area contributed by atoms with Crippen molar-refractivity contribution in [3.05, 3.63) is 35.4 Å². The quantitative estimate of drug-likeness (QED) is 0.878. The highest BCUT2D eigenvalue weighted by atomic mass is 19.1. The molecule has 1 aromatic carbocycles. The molecule has 0 aromatic heterocycles. The van der Waals surface area contributed by atoms with Crippen LogP contribution in [0.4, 0.5) is 13.6 Å². The van der Waals surface area contributed by atoms with Gasteiger partial charge in [-0.2, -0.15) is 0 Å². The zero-order valence-corrected chi connectivity index (χ0v) is 13.3. The fourth-order valence-corrected chi connectivity index (χ4v) is 2.46. The number of hydrogen-bond acceptors (Lipinski definition) is 3. The molecule has 0 aliphatic carbocycles. The minimum Gasteiger partial charge on any atom is -0.444 e. The van der Waals surface area contributed by atoms with Gasteiger partial charge in [0.2, 0.25) is 5.91 Å². The van der Waals surface area contributed by atoms with Gasteiger partial charge in [-0.1, -0.05) is 0 Å². The molecular weight excluding hydrogens is 306 g/mol. The molecule has 5 nitrogen and oxygen atoms in total. The fourth-order valence-electron chi connectivity index (χ4n) is 2.46. The Morgan fingerprint density at radius 2 is 2.04 bits per heavy atom. The SMILES string of the molecule is CC(C)(C)OC(=O)N[C@H]1CCC(=O)NC1c1cc(F)ccc1F. The number of hydrogen-bond donors (Lipinski definition) is 2. The summed E-state index contributed by atoms with van der Waals surface area (Å²) in [6.07, 6.45) is -0.167. The summed E-state index contributed by atoms with van der Waals surface area (Å²) in [5.41, 5.74) is -0.680. The minimum atomic E-state index is -0.848. The van der Waals surface area contributed by atoms with E-state index in [0.717, 1.165) is 18.2 Å². The van der Waals surface area contributed by atoms with Gasteiger partial charge >= 0.3 is 6.09 Å². The first-order chi connectivity index (χ1) is 10.7. The average Bonchev–Trinajstić information content (AvgIpc) is 2.41. The third-order valence-corrected chi connectivity index (χ3v) is 3.40. The number of carbonyl (C=O) groups is 2. The lowest BCUT2D eigenvalue weighted by atomic mass is 9.91. The van der Waals surface area contributed by atoms with Crippen LogP contribution in [-0.4, -0.2) is 23.6 Å². The summed E-state index contributed by atoms with van der Waals surface area (Å²) in [6, 6.07) is 1.59. The van der Waals surface area contributed by atoms with E-state index in [1.54, 1.807) is 20.8 Å². The first kappa shape index (κ1) is 17.2. The maximum Gasteiger partial charge on any atom is 0.407 e. The third kappa shape index (κ3) is 4.64. The standard InChI is InChI=1S/C16H20F2N2O3/c1-16(2,3)23-15(22)19-12-6-7-13(21)20-14(12)10-8-9(17)4-5-11(10)18/h4-5,8,12,14H,6-7H2,1-3H3,(H,19,22)(H,20,21)/t12-,14?/m0/s1. The van der Waals surface area contributed by atoms with Crippen LogP contribution in [0.5, 0.6) is 0 Å². The normalized spacial score (nSPS) is 21.5. The first-order valence-corrected chi connectivity index (χ1v) is 7.39. The van der Waals surface area contributed by atoms with Crippen molar-refractivity contribution in [1.82, 2.24) is 10.6 Å². The number of piperidine rings is 1. The second kappa shape index (κ2) is 6.52. The van der Waals surface area contributed by atoms with E-state index in [1.165, 1.54) is 0 Å². The molecular formula is C16H20F2N2O3. The number of halogens is 2. The fraction of sp³-hybridized carbons (Fsp3) is 0.500. The van der Waals surface area contributed by atoms with Gasteiger partial charge in [-0.3, -0.25) is 4.79 Å². The van der Waals surface area contributed by atoms with Crippen molar-refractivity contribution in [2.45, 2.75) is 51.3 Å². The predicted octanol–water partition coefficient (Wildman–Crippen LogP) is 2.81. The summed E-state index contributed by atoms with van der Waals surface area (Å²) in [5.74, 6) is -1.53. The van der Waals surface area contributed by atoms with Gasteiger partial charge in [0.05, 0.1) is 12.1 Å². The number of benzene rings is 1. The number of nitrogens with one attached hydrogen (secondary N) is 2. The van der Waals surface area contributed by atoms with Crippen molar-refractivity contribution in [1.29, 1.82) is 0 Å². The van der Waals surface area contributed by atoms with Crippen LogP contribution in [0, 0.1) is 11.6 Å². The van der Waals surface area contributed by atoms with E-state index in [1.807, 2.05) is 0 Å². The zero-order valence-electron chi connectivity index (χ0n) is 13.3. The van der Waals surface area contributed by atoms with Crippen molar-refractivity contribution in [2.24, 2.45) is 0 Å². The van der Waals surface area contributed by atoms with E-state index in [-0.39, 0.29) is 17.9 Å². The summed E-state index contributed by atoms with van der Waals surface area (Å²) >= 11 is 0. The molecule has 1 aromatic rings. The molecule has 1 aliphatic rings. The molecule has 1 aliphatic heterocycles. The summed E-state index contributed by atoms with van der Waals surface area (Å²) < 4.78 is 32.6. The van der Waals surface area contributed by atoms with Crippen LogP contribution in [0.25, 0.3) is 0 Å². The van der Waals surface area contributed by atoms with Crippen LogP contribution >= 0.6 is 0 Å². The lowest BCUT2D eigenvalue weighted by molar-refractivity contribution is -0.124. The molecule has 1 unspecified atom stereocenters. The monoisotopic (exact) mass is 326 g/mol. The highest BCUT2D eigenvalue weighted by Gasteiger charge is 2.34. The number of alkyl carbamates (subject to hydrolysis) is 1. The lowest BCUT2D eigenvalue weighted by Crippen LogP contribution is -2.51. The Bertz CT molecular complexity index is 614. The minimum absolute atomic E-state index is 0.000825. The largest absolute Gasteiger partial charge is 0.444 e. The summed E-state index contributed by atoms with van der Waals surface area (Å²) in [7, 11) is 0. The van der Waals surface area contributed by atoms with Crippen molar-refractivity contribution in [2.75, 3.05) is 0 Å². The van der Waals surface area contributed by atoms with Gasteiger partial charge in [0, 0.05) is 12.0 Å². The van der Waals surface area contributed by atoms with E-state index in [2.05, 4.69) is 10.6 Å². The van der Waals surface area contributed by atoms with Gasteiger partial charge in [0.25, 0.3) is 0 Å². The molecule has 0 saturated carbocycles. The van der Waals surface area contributed by atoms with Crippen LogP contribution in [0.3, 0.4) is 0 Å². The number of rotatable bonds is 2. The maximum atomic E-state index is 14.0. The molecule has 0 bridgehead atoms. The van der Waals surface area contributed by atoms with Crippen LogP contribution in [0.1, 0.15) is 45.2 Å². The number of carbonyl (C=O) groups excluding carboxylic acids is 2. The van der Waals surface area contributed by atoms with Crippen LogP contribution in [-0.2, 0) is 9.53 Å². The number of amides is 2. The molecule has 2 N–H and O–H groups in total. The maximum absolute atomic E-state index is 14.0. The topological polar surface area (TPSA) is 67.4 Å². The highest BCUT2D eigenvalue weighted by molar-refractivity contribution is 5.78. The van der Waals surface area contributed by atoms with Gasteiger partial charge in [0.1, 0.15) is 17.2 Å².